The molecule has 1 aliphatic heterocycles. The van der Waals surface area contributed by atoms with Crippen molar-refractivity contribution in [2.75, 3.05) is 12.3 Å². The predicted octanol–water partition coefficient (Wildman–Crippen LogP) is 1.71. The maximum Gasteiger partial charge on any atom is 0.156 e. The molecule has 2 heterocycles. The molecule has 1 saturated heterocycles. The van der Waals surface area contributed by atoms with Gasteiger partial charge in [0.05, 0.1) is 0 Å². The first-order valence-electron chi connectivity index (χ1n) is 5.18. The van der Waals surface area contributed by atoms with Crippen LogP contribution in [-0.2, 0) is 6.42 Å². The first-order chi connectivity index (χ1) is 7.34. The van der Waals surface area contributed by atoms with E-state index in [4.69, 9.17) is 0 Å². The lowest BCUT2D eigenvalue weighted by atomic mass is 10.3. The average molecular weight is 221 g/mol. The average Bonchev–Trinajstić information content (AvgIpc) is 2.66. The summed E-state index contributed by atoms with van der Waals surface area (Å²) >= 11 is 1.80. The second-order valence-corrected chi connectivity index (χ2v) is 4.62. The van der Waals surface area contributed by atoms with Crippen LogP contribution in [0.5, 0.6) is 0 Å². The van der Waals surface area contributed by atoms with Crippen molar-refractivity contribution < 1.29 is 0 Å². The van der Waals surface area contributed by atoms with Gasteiger partial charge in [-0.1, -0.05) is 17.8 Å². The largest absolute Gasteiger partial charge is 0.362 e. The van der Waals surface area contributed by atoms with Crippen LogP contribution in [0.4, 0.5) is 0 Å². The number of amidine groups is 1. The summed E-state index contributed by atoms with van der Waals surface area (Å²) in [5.41, 5.74) is 1.11. The Balaban J connectivity index is 1.80. The Hall–Kier alpha value is -1.03. The van der Waals surface area contributed by atoms with Gasteiger partial charge in [0.2, 0.25) is 0 Å². The highest BCUT2D eigenvalue weighted by atomic mass is 32.2. The number of nitrogens with one attached hydrogen (secondary N) is 1. The highest BCUT2D eigenvalue weighted by molar-refractivity contribution is 8.14. The van der Waals surface area contributed by atoms with E-state index in [-0.39, 0.29) is 0 Å². The summed E-state index contributed by atoms with van der Waals surface area (Å²) in [5, 5.41) is 4.41. The number of aromatic nitrogens is 1. The molecule has 3 nitrogen and oxygen atoms in total. The van der Waals surface area contributed by atoms with E-state index in [1.807, 2.05) is 24.4 Å². The molecule has 0 aromatic carbocycles. The van der Waals surface area contributed by atoms with Crippen molar-refractivity contribution in [1.82, 2.24) is 10.3 Å². The molecule has 0 spiro atoms. The van der Waals surface area contributed by atoms with Crippen LogP contribution in [0.1, 0.15) is 12.6 Å². The van der Waals surface area contributed by atoms with E-state index in [1.165, 1.54) is 0 Å². The van der Waals surface area contributed by atoms with E-state index in [9.17, 15) is 0 Å². The monoisotopic (exact) mass is 221 g/mol. The molecule has 0 bridgehead atoms. The Kier molecular flexibility index (Phi) is 3.61. The third-order valence-electron chi connectivity index (χ3n) is 2.19. The molecular weight excluding hydrogens is 206 g/mol. The lowest BCUT2D eigenvalue weighted by Crippen LogP contribution is -2.23. The molecule has 1 aromatic heterocycles. The second kappa shape index (κ2) is 5.16. The van der Waals surface area contributed by atoms with E-state index in [0.29, 0.717) is 6.04 Å². The van der Waals surface area contributed by atoms with Crippen LogP contribution >= 0.6 is 11.8 Å². The molecule has 15 heavy (non-hydrogen) atoms. The Labute approximate surface area is 94.4 Å². The smallest absolute Gasteiger partial charge is 0.156 e. The summed E-state index contributed by atoms with van der Waals surface area (Å²) in [4.78, 5) is 8.76. The zero-order valence-electron chi connectivity index (χ0n) is 8.81. The number of nitrogens with zero attached hydrogens (tertiary/aromatic N) is 2. The van der Waals surface area contributed by atoms with Gasteiger partial charge < -0.3 is 5.32 Å². The van der Waals surface area contributed by atoms with Crippen molar-refractivity contribution in [3.05, 3.63) is 30.1 Å². The number of pyridine rings is 1. The van der Waals surface area contributed by atoms with Gasteiger partial charge in [0.25, 0.3) is 0 Å². The highest BCUT2D eigenvalue weighted by Gasteiger charge is 2.14. The Morgan fingerprint density at radius 3 is 3.20 bits per heavy atom. The van der Waals surface area contributed by atoms with Gasteiger partial charge in [-0.05, 0) is 19.1 Å². The summed E-state index contributed by atoms with van der Waals surface area (Å²) in [7, 11) is 0. The van der Waals surface area contributed by atoms with Gasteiger partial charge >= 0.3 is 0 Å². The maximum atomic E-state index is 4.50. The van der Waals surface area contributed by atoms with Crippen LogP contribution in [0.25, 0.3) is 0 Å². The van der Waals surface area contributed by atoms with Crippen LogP contribution in [0.15, 0.2) is 29.4 Å². The number of aliphatic imine (C=N–C) groups is 1. The number of hydrogen-bond acceptors (Lipinski definition) is 3. The van der Waals surface area contributed by atoms with Gasteiger partial charge in [0, 0.05) is 36.7 Å². The van der Waals surface area contributed by atoms with E-state index < -0.39 is 0 Å². The van der Waals surface area contributed by atoms with Gasteiger partial charge in [-0.3, -0.25) is 9.98 Å². The normalized spacial score (nSPS) is 23.0. The van der Waals surface area contributed by atoms with Gasteiger partial charge in [-0.15, -0.1) is 0 Å². The van der Waals surface area contributed by atoms with Crippen molar-refractivity contribution >= 4 is 16.9 Å². The Morgan fingerprint density at radius 2 is 2.53 bits per heavy atom. The molecule has 1 atom stereocenters. The maximum absolute atomic E-state index is 4.50. The first-order valence-corrected chi connectivity index (χ1v) is 6.17. The SMILES string of the molecule is CC1CSC(=NCCc2ccccn2)N1. The summed E-state index contributed by atoms with van der Waals surface area (Å²) in [5.74, 6) is 1.13. The molecule has 2 rings (SSSR count). The third kappa shape index (κ3) is 3.23. The molecule has 1 N–H and O–H groups in total. The van der Waals surface area contributed by atoms with Gasteiger partial charge in [0.15, 0.2) is 5.17 Å². The lowest BCUT2D eigenvalue weighted by Gasteiger charge is -2.01. The molecule has 0 saturated carbocycles. The van der Waals surface area contributed by atoms with Crippen molar-refractivity contribution in [3.63, 3.8) is 0 Å². The fourth-order valence-electron chi connectivity index (χ4n) is 1.41. The van der Waals surface area contributed by atoms with E-state index >= 15 is 0 Å². The summed E-state index contributed by atoms with van der Waals surface area (Å²) in [6.07, 6.45) is 2.74. The molecule has 1 fully saturated rings. The standard InChI is InChI=1S/C11H15N3S/c1-9-8-15-11(14-9)13-7-5-10-4-2-3-6-12-10/h2-4,6,9H,5,7-8H2,1H3,(H,13,14). The number of rotatable bonds is 3. The Bertz CT molecular complexity index is 337. The van der Waals surface area contributed by atoms with Crippen LogP contribution in [0.3, 0.4) is 0 Å². The minimum Gasteiger partial charge on any atom is -0.362 e. The molecule has 1 aliphatic rings. The van der Waals surface area contributed by atoms with Gasteiger partial charge in [-0.25, -0.2) is 0 Å². The molecule has 4 heteroatoms. The summed E-state index contributed by atoms with van der Waals surface area (Å²) in [6, 6.07) is 6.55. The van der Waals surface area contributed by atoms with E-state index in [0.717, 1.165) is 29.6 Å². The van der Waals surface area contributed by atoms with Crippen LogP contribution < -0.4 is 5.32 Å². The number of hydrogen-bond donors (Lipinski definition) is 1. The van der Waals surface area contributed by atoms with Crippen molar-refractivity contribution in [3.8, 4) is 0 Å². The molecule has 80 valence electrons. The molecule has 1 aromatic rings. The van der Waals surface area contributed by atoms with Crippen molar-refractivity contribution in [2.24, 2.45) is 4.99 Å². The molecule has 1 unspecified atom stereocenters. The molecular formula is C11H15N3S. The summed E-state index contributed by atoms with van der Waals surface area (Å²) < 4.78 is 0. The lowest BCUT2D eigenvalue weighted by molar-refractivity contribution is 0.763. The van der Waals surface area contributed by atoms with Crippen molar-refractivity contribution in [1.29, 1.82) is 0 Å². The predicted molar refractivity (Wildman–Crippen MR) is 65.3 cm³/mol. The Morgan fingerprint density at radius 1 is 1.60 bits per heavy atom. The van der Waals surface area contributed by atoms with E-state index in [2.05, 4.69) is 22.2 Å². The second-order valence-electron chi connectivity index (χ2n) is 3.61. The van der Waals surface area contributed by atoms with Crippen LogP contribution in [0, 0.1) is 0 Å². The van der Waals surface area contributed by atoms with Crippen LogP contribution in [-0.4, -0.2) is 28.5 Å². The fourth-order valence-corrected chi connectivity index (χ4v) is 2.37. The van der Waals surface area contributed by atoms with Gasteiger partial charge in [-0.2, -0.15) is 0 Å². The van der Waals surface area contributed by atoms with Gasteiger partial charge in [0.1, 0.15) is 0 Å². The first kappa shape index (κ1) is 10.5. The topological polar surface area (TPSA) is 37.3 Å². The molecule has 0 amide bonds. The zero-order chi connectivity index (χ0) is 10.5. The third-order valence-corrected chi connectivity index (χ3v) is 3.38. The summed E-state index contributed by atoms with van der Waals surface area (Å²) in [6.45, 7) is 2.99. The minimum absolute atomic E-state index is 0.559. The molecule has 0 radical (unpaired) electrons. The highest BCUT2D eigenvalue weighted by Crippen LogP contribution is 2.12. The zero-order valence-corrected chi connectivity index (χ0v) is 9.63. The van der Waals surface area contributed by atoms with Crippen LogP contribution in [0.2, 0.25) is 0 Å². The van der Waals surface area contributed by atoms with E-state index in [1.54, 1.807) is 11.8 Å². The minimum atomic E-state index is 0.559. The number of thioether (sulfide) groups is 1. The van der Waals surface area contributed by atoms with Crippen molar-refractivity contribution in [2.45, 2.75) is 19.4 Å². The fraction of sp³-hybridized carbons (Fsp3) is 0.455. The quantitative estimate of drug-likeness (QED) is 0.844. The molecule has 0 aliphatic carbocycles.